The van der Waals surface area contributed by atoms with E-state index in [0.29, 0.717) is 6.42 Å². The summed E-state index contributed by atoms with van der Waals surface area (Å²) in [5.74, 6) is -0.875. The molecule has 1 aliphatic rings. The van der Waals surface area contributed by atoms with E-state index in [1.807, 2.05) is 51.1 Å². The van der Waals surface area contributed by atoms with Crippen LogP contribution in [0.25, 0.3) is 0 Å². The fraction of sp³-hybridized carbons (Fsp3) is 0.500. The van der Waals surface area contributed by atoms with Gasteiger partial charge in [0, 0.05) is 5.41 Å². The van der Waals surface area contributed by atoms with Crippen LogP contribution in [-0.4, -0.2) is 17.7 Å². The minimum absolute atomic E-state index is 0.0312. The lowest BCUT2D eigenvalue weighted by atomic mass is 9.87. The predicted octanol–water partition coefficient (Wildman–Crippen LogP) is 0.976. The molecule has 1 aromatic rings. The number of hydrogen-bond acceptors (Lipinski definition) is 3. The van der Waals surface area contributed by atoms with Crippen molar-refractivity contribution in [1.29, 1.82) is 0 Å². The minimum Gasteiger partial charge on any atom is -0.324 e. The summed E-state index contributed by atoms with van der Waals surface area (Å²) in [6.07, 6.45) is 0.654. The van der Waals surface area contributed by atoms with E-state index in [-0.39, 0.29) is 17.4 Å². The topological polar surface area (TPSA) is 67.1 Å². The molecule has 0 saturated carbocycles. The SMILES string of the molecule is CC(C)(C)[C@]1(N)NC(=O)[C@H](Cc2ccccc2)N1. The predicted molar refractivity (Wildman–Crippen MR) is 71.6 cm³/mol. The lowest BCUT2D eigenvalue weighted by Gasteiger charge is -2.38. The Balaban J connectivity index is 2.11. The van der Waals surface area contributed by atoms with E-state index in [1.54, 1.807) is 0 Å². The van der Waals surface area contributed by atoms with Crippen molar-refractivity contribution in [3.8, 4) is 0 Å². The largest absolute Gasteiger partial charge is 0.324 e. The van der Waals surface area contributed by atoms with Gasteiger partial charge in [0.2, 0.25) is 5.91 Å². The molecule has 18 heavy (non-hydrogen) atoms. The van der Waals surface area contributed by atoms with E-state index in [0.717, 1.165) is 5.56 Å². The molecule has 2 atom stereocenters. The molecule has 4 heteroatoms. The number of benzene rings is 1. The maximum atomic E-state index is 12.0. The Bertz CT molecular complexity index is 438. The standard InChI is InChI=1S/C14H21N3O/c1-13(2,3)14(15)16-11(12(18)17-14)9-10-7-5-4-6-8-10/h4-8,11,16H,9,15H2,1-3H3,(H,17,18)/t11-,14+/m0/s1. The average molecular weight is 247 g/mol. The molecular formula is C14H21N3O. The quantitative estimate of drug-likeness (QED) is 0.729. The number of carbonyl (C=O) groups is 1. The van der Waals surface area contributed by atoms with Crippen LogP contribution in [0.15, 0.2) is 30.3 Å². The van der Waals surface area contributed by atoms with Crippen LogP contribution in [0, 0.1) is 5.41 Å². The van der Waals surface area contributed by atoms with Crippen molar-refractivity contribution >= 4 is 5.91 Å². The second-order valence-electron chi connectivity index (χ2n) is 5.93. The Morgan fingerprint density at radius 1 is 1.28 bits per heavy atom. The summed E-state index contributed by atoms with van der Waals surface area (Å²) in [4.78, 5) is 12.0. The van der Waals surface area contributed by atoms with Crippen molar-refractivity contribution in [2.45, 2.75) is 39.0 Å². The van der Waals surface area contributed by atoms with Gasteiger partial charge in [-0.1, -0.05) is 51.1 Å². The first-order valence-electron chi connectivity index (χ1n) is 6.24. The van der Waals surface area contributed by atoms with Gasteiger partial charge in [0.15, 0.2) is 0 Å². The van der Waals surface area contributed by atoms with E-state index in [9.17, 15) is 4.79 Å². The first-order chi connectivity index (χ1) is 8.32. The van der Waals surface area contributed by atoms with Gasteiger partial charge in [0.05, 0.1) is 6.04 Å². The normalized spacial score (nSPS) is 28.2. The third-order valence-electron chi connectivity index (χ3n) is 3.50. The van der Waals surface area contributed by atoms with Gasteiger partial charge < -0.3 is 5.32 Å². The van der Waals surface area contributed by atoms with E-state index < -0.39 is 5.79 Å². The third-order valence-corrected chi connectivity index (χ3v) is 3.50. The molecule has 1 aliphatic heterocycles. The monoisotopic (exact) mass is 247 g/mol. The summed E-state index contributed by atoms with van der Waals surface area (Å²) in [7, 11) is 0. The maximum absolute atomic E-state index is 12.0. The number of nitrogens with one attached hydrogen (secondary N) is 2. The van der Waals surface area contributed by atoms with Crippen LogP contribution in [0.4, 0.5) is 0 Å². The van der Waals surface area contributed by atoms with Crippen LogP contribution in [0.3, 0.4) is 0 Å². The van der Waals surface area contributed by atoms with Gasteiger partial charge in [-0.25, -0.2) is 0 Å². The Morgan fingerprint density at radius 2 is 1.89 bits per heavy atom. The number of nitrogens with two attached hydrogens (primary N) is 1. The number of rotatable bonds is 2. The molecule has 2 rings (SSSR count). The number of hydrogen-bond donors (Lipinski definition) is 3. The summed E-state index contributed by atoms with van der Waals surface area (Å²) in [6, 6.07) is 9.68. The average Bonchev–Trinajstić information content (AvgIpc) is 2.56. The van der Waals surface area contributed by atoms with E-state index in [4.69, 9.17) is 5.73 Å². The van der Waals surface area contributed by atoms with Crippen molar-refractivity contribution in [3.05, 3.63) is 35.9 Å². The molecule has 1 amide bonds. The first kappa shape index (κ1) is 13.1. The zero-order valence-electron chi connectivity index (χ0n) is 11.2. The highest BCUT2D eigenvalue weighted by Gasteiger charge is 2.48. The molecule has 1 fully saturated rings. The van der Waals surface area contributed by atoms with Crippen molar-refractivity contribution < 1.29 is 4.79 Å². The Labute approximate surface area is 108 Å². The van der Waals surface area contributed by atoms with E-state index in [1.165, 1.54) is 0 Å². The van der Waals surface area contributed by atoms with E-state index in [2.05, 4.69) is 10.6 Å². The van der Waals surface area contributed by atoms with Crippen LogP contribution in [0.2, 0.25) is 0 Å². The van der Waals surface area contributed by atoms with Crippen LogP contribution in [0.5, 0.6) is 0 Å². The Morgan fingerprint density at radius 3 is 2.39 bits per heavy atom. The summed E-state index contributed by atoms with van der Waals surface area (Å²) >= 11 is 0. The van der Waals surface area contributed by atoms with Crippen molar-refractivity contribution in [3.63, 3.8) is 0 Å². The fourth-order valence-electron chi connectivity index (χ4n) is 2.06. The molecular weight excluding hydrogens is 226 g/mol. The molecule has 1 saturated heterocycles. The molecule has 4 N–H and O–H groups in total. The minimum atomic E-state index is -0.844. The summed E-state index contributed by atoms with van der Waals surface area (Å²) in [5, 5.41) is 6.09. The summed E-state index contributed by atoms with van der Waals surface area (Å²) in [6.45, 7) is 6.02. The number of carbonyl (C=O) groups excluding carboxylic acids is 1. The van der Waals surface area contributed by atoms with Crippen LogP contribution < -0.4 is 16.4 Å². The van der Waals surface area contributed by atoms with Crippen molar-refractivity contribution in [1.82, 2.24) is 10.6 Å². The highest BCUT2D eigenvalue weighted by molar-refractivity contribution is 5.85. The lowest BCUT2D eigenvalue weighted by molar-refractivity contribution is -0.121. The molecule has 0 bridgehead atoms. The highest BCUT2D eigenvalue weighted by atomic mass is 16.2. The van der Waals surface area contributed by atoms with Crippen LogP contribution >= 0.6 is 0 Å². The van der Waals surface area contributed by atoms with Gasteiger partial charge in [0.1, 0.15) is 5.79 Å². The smallest absolute Gasteiger partial charge is 0.240 e. The molecule has 0 radical (unpaired) electrons. The molecule has 0 unspecified atom stereocenters. The molecule has 1 aromatic carbocycles. The molecule has 4 nitrogen and oxygen atoms in total. The van der Waals surface area contributed by atoms with Crippen molar-refractivity contribution in [2.24, 2.45) is 11.1 Å². The van der Waals surface area contributed by atoms with Crippen LogP contribution in [0.1, 0.15) is 26.3 Å². The zero-order chi connectivity index (χ0) is 13.4. The molecule has 0 aromatic heterocycles. The highest BCUT2D eigenvalue weighted by Crippen LogP contribution is 2.27. The first-order valence-corrected chi connectivity index (χ1v) is 6.24. The number of amides is 1. The van der Waals surface area contributed by atoms with E-state index >= 15 is 0 Å². The second-order valence-corrected chi connectivity index (χ2v) is 5.93. The molecule has 98 valence electrons. The van der Waals surface area contributed by atoms with Crippen molar-refractivity contribution in [2.75, 3.05) is 0 Å². The van der Waals surface area contributed by atoms with Crippen LogP contribution in [-0.2, 0) is 11.2 Å². The molecule has 0 spiro atoms. The fourth-order valence-corrected chi connectivity index (χ4v) is 2.06. The zero-order valence-corrected chi connectivity index (χ0v) is 11.2. The summed E-state index contributed by atoms with van der Waals surface area (Å²) in [5.41, 5.74) is 7.11. The maximum Gasteiger partial charge on any atom is 0.240 e. The Kier molecular flexibility index (Phi) is 3.17. The van der Waals surface area contributed by atoms with Gasteiger partial charge in [-0.2, -0.15) is 0 Å². The van der Waals surface area contributed by atoms with Gasteiger partial charge in [-0.15, -0.1) is 0 Å². The van der Waals surface area contributed by atoms with Gasteiger partial charge in [-0.05, 0) is 12.0 Å². The molecule has 1 heterocycles. The lowest BCUT2D eigenvalue weighted by Crippen LogP contribution is -2.66. The Hall–Kier alpha value is -1.39. The molecule has 0 aliphatic carbocycles. The summed E-state index contributed by atoms with van der Waals surface area (Å²) < 4.78 is 0. The van der Waals surface area contributed by atoms with Gasteiger partial charge in [0.25, 0.3) is 0 Å². The second kappa shape index (κ2) is 4.37. The third kappa shape index (κ3) is 2.40. The van der Waals surface area contributed by atoms with Gasteiger partial charge >= 0.3 is 0 Å². The van der Waals surface area contributed by atoms with Gasteiger partial charge in [-0.3, -0.25) is 15.8 Å².